The highest BCUT2D eigenvalue weighted by atomic mass is 16.5. The number of nitrogens with zero attached hydrogens (tertiary/aromatic N) is 1. The van der Waals surface area contributed by atoms with Gasteiger partial charge in [0, 0.05) is 34.7 Å². The quantitative estimate of drug-likeness (QED) is 0.222. The highest BCUT2D eigenvalue weighted by Gasteiger charge is 2.23. The Morgan fingerprint density at radius 1 is 1.07 bits per heavy atom. The van der Waals surface area contributed by atoms with Gasteiger partial charge in [0.25, 0.3) is 0 Å². The van der Waals surface area contributed by atoms with E-state index in [1.165, 1.54) is 0 Å². The first-order valence-corrected chi connectivity index (χ1v) is 10.5. The normalized spacial score (nSPS) is 12.3. The van der Waals surface area contributed by atoms with E-state index >= 15 is 0 Å². The van der Waals surface area contributed by atoms with Crippen LogP contribution in [0.3, 0.4) is 0 Å². The molecule has 2 aromatic rings. The molecule has 0 amide bonds. The van der Waals surface area contributed by atoms with Crippen LogP contribution in [0.2, 0.25) is 0 Å². The van der Waals surface area contributed by atoms with Gasteiger partial charge in [0.15, 0.2) is 0 Å². The molecule has 30 heavy (non-hydrogen) atoms. The summed E-state index contributed by atoms with van der Waals surface area (Å²) in [4.78, 5) is 26.1. The second-order valence-electron chi connectivity index (χ2n) is 8.26. The van der Waals surface area contributed by atoms with Crippen LogP contribution in [0.4, 0.5) is 0 Å². The second kappa shape index (κ2) is 10.9. The van der Waals surface area contributed by atoms with E-state index in [1.807, 2.05) is 24.3 Å². The van der Waals surface area contributed by atoms with E-state index in [9.17, 15) is 9.59 Å². The summed E-state index contributed by atoms with van der Waals surface area (Å²) in [5.41, 5.74) is 2.86. The van der Waals surface area contributed by atoms with E-state index in [-0.39, 0.29) is 5.92 Å². The van der Waals surface area contributed by atoms with Crippen LogP contribution < -0.4 is 4.74 Å². The van der Waals surface area contributed by atoms with Gasteiger partial charge >= 0.3 is 5.97 Å². The molecule has 1 atom stereocenters. The summed E-state index contributed by atoms with van der Waals surface area (Å²) < 4.78 is 5.64. The van der Waals surface area contributed by atoms with Gasteiger partial charge in [-0.15, -0.1) is 0 Å². The number of carbonyl (C=O) groups excluding carboxylic acids is 2. The zero-order valence-corrected chi connectivity index (χ0v) is 18.7. The monoisotopic (exact) mass is 407 g/mol. The van der Waals surface area contributed by atoms with Gasteiger partial charge in [0.2, 0.25) is 0 Å². The summed E-state index contributed by atoms with van der Waals surface area (Å²) in [6, 6.07) is 16.2. The molecule has 0 saturated heterocycles. The van der Waals surface area contributed by atoms with Crippen molar-refractivity contribution >= 4 is 12.3 Å². The standard InChI is InChI=1S/C26H33NO3/c1-18(2)26(29)30-25-13-12-21(17-28)16-24(25)23(22-10-8-7-9-11-22)14-15-27(19(3)4)20(5)6/h7-13,16-17,19-20,23H,1,14-15H2,2-6H3. The highest BCUT2D eigenvalue weighted by Crippen LogP contribution is 2.36. The third-order valence-electron chi connectivity index (χ3n) is 5.30. The first kappa shape index (κ1) is 23.6. The maximum atomic E-state index is 12.2. The van der Waals surface area contributed by atoms with Crippen LogP contribution in [-0.2, 0) is 4.79 Å². The number of ether oxygens (including phenoxy) is 1. The second-order valence-corrected chi connectivity index (χ2v) is 8.26. The third-order valence-corrected chi connectivity index (χ3v) is 5.30. The molecule has 2 rings (SSSR count). The van der Waals surface area contributed by atoms with Gasteiger partial charge in [0.1, 0.15) is 12.0 Å². The van der Waals surface area contributed by atoms with E-state index < -0.39 is 5.97 Å². The maximum Gasteiger partial charge on any atom is 0.338 e. The zero-order valence-electron chi connectivity index (χ0n) is 18.7. The van der Waals surface area contributed by atoms with Gasteiger partial charge < -0.3 is 4.74 Å². The van der Waals surface area contributed by atoms with E-state index in [2.05, 4.69) is 51.3 Å². The Bertz CT molecular complexity index is 863. The summed E-state index contributed by atoms with van der Waals surface area (Å²) in [5, 5.41) is 0. The fraction of sp³-hybridized carbons (Fsp3) is 0.385. The van der Waals surface area contributed by atoms with Crippen molar-refractivity contribution in [1.29, 1.82) is 0 Å². The van der Waals surface area contributed by atoms with Crippen molar-refractivity contribution in [3.05, 3.63) is 77.4 Å². The van der Waals surface area contributed by atoms with Crippen LogP contribution in [0.15, 0.2) is 60.7 Å². The summed E-state index contributed by atoms with van der Waals surface area (Å²) in [5.74, 6) is -0.00461. The average molecular weight is 408 g/mol. The molecule has 0 saturated carbocycles. The van der Waals surface area contributed by atoms with Crippen molar-refractivity contribution in [3.63, 3.8) is 0 Å². The van der Waals surface area contributed by atoms with Crippen molar-refractivity contribution in [2.24, 2.45) is 0 Å². The number of aldehydes is 1. The van der Waals surface area contributed by atoms with Crippen molar-refractivity contribution < 1.29 is 14.3 Å². The Kier molecular flexibility index (Phi) is 8.55. The van der Waals surface area contributed by atoms with E-state index in [1.54, 1.807) is 19.1 Å². The van der Waals surface area contributed by atoms with Crippen LogP contribution in [0.5, 0.6) is 5.75 Å². The SMILES string of the molecule is C=C(C)C(=O)Oc1ccc(C=O)cc1C(CCN(C(C)C)C(C)C)c1ccccc1. The molecule has 0 aliphatic carbocycles. The van der Waals surface area contributed by atoms with Gasteiger partial charge in [-0.1, -0.05) is 36.9 Å². The molecule has 0 bridgehead atoms. The summed E-state index contributed by atoms with van der Waals surface area (Å²) in [6.45, 7) is 15.0. The summed E-state index contributed by atoms with van der Waals surface area (Å²) in [6.07, 6.45) is 1.66. The lowest BCUT2D eigenvalue weighted by Crippen LogP contribution is -2.38. The molecule has 160 valence electrons. The Labute approximate surface area is 180 Å². The molecule has 2 aromatic carbocycles. The molecule has 0 aromatic heterocycles. The van der Waals surface area contributed by atoms with Gasteiger partial charge in [-0.2, -0.15) is 0 Å². The van der Waals surface area contributed by atoms with Crippen molar-refractivity contribution in [1.82, 2.24) is 4.90 Å². The summed E-state index contributed by atoms with van der Waals surface area (Å²) in [7, 11) is 0. The third kappa shape index (κ3) is 6.14. The van der Waals surface area contributed by atoms with Crippen molar-refractivity contribution in [2.45, 2.75) is 59.0 Å². The van der Waals surface area contributed by atoms with Gasteiger partial charge in [0.05, 0.1) is 0 Å². The molecule has 0 spiro atoms. The van der Waals surface area contributed by atoms with Crippen LogP contribution in [0.25, 0.3) is 0 Å². The van der Waals surface area contributed by atoms with Crippen LogP contribution in [-0.4, -0.2) is 35.8 Å². The predicted octanol–water partition coefficient (Wildman–Crippen LogP) is 5.62. The minimum absolute atomic E-state index is 0.0148. The molecule has 0 aliphatic heterocycles. The molecular weight excluding hydrogens is 374 g/mol. The Morgan fingerprint density at radius 3 is 2.23 bits per heavy atom. The first-order valence-electron chi connectivity index (χ1n) is 10.5. The lowest BCUT2D eigenvalue weighted by atomic mass is 9.86. The molecule has 0 N–H and O–H groups in total. The fourth-order valence-corrected chi connectivity index (χ4v) is 3.77. The van der Waals surface area contributed by atoms with E-state index in [0.717, 1.165) is 30.4 Å². The molecule has 0 radical (unpaired) electrons. The van der Waals surface area contributed by atoms with Gasteiger partial charge in [-0.05, 0) is 71.3 Å². The number of esters is 1. The molecule has 4 heteroatoms. The first-order chi connectivity index (χ1) is 14.2. The summed E-state index contributed by atoms with van der Waals surface area (Å²) >= 11 is 0. The molecule has 0 heterocycles. The van der Waals surface area contributed by atoms with E-state index in [0.29, 0.717) is 29.0 Å². The minimum Gasteiger partial charge on any atom is -0.423 e. The Hall–Kier alpha value is -2.72. The predicted molar refractivity (Wildman–Crippen MR) is 122 cm³/mol. The number of hydrogen-bond donors (Lipinski definition) is 0. The molecule has 1 unspecified atom stereocenters. The lowest BCUT2D eigenvalue weighted by Gasteiger charge is -2.32. The number of benzene rings is 2. The van der Waals surface area contributed by atoms with Crippen molar-refractivity contribution in [2.75, 3.05) is 6.54 Å². The molecule has 4 nitrogen and oxygen atoms in total. The van der Waals surface area contributed by atoms with Crippen molar-refractivity contribution in [3.8, 4) is 5.75 Å². The van der Waals surface area contributed by atoms with Crippen LogP contribution in [0, 0.1) is 0 Å². The Morgan fingerprint density at radius 2 is 1.70 bits per heavy atom. The zero-order chi connectivity index (χ0) is 22.3. The van der Waals surface area contributed by atoms with Gasteiger partial charge in [-0.25, -0.2) is 4.79 Å². The fourth-order valence-electron chi connectivity index (χ4n) is 3.77. The van der Waals surface area contributed by atoms with Crippen LogP contribution >= 0.6 is 0 Å². The minimum atomic E-state index is -0.465. The number of carbonyl (C=O) groups is 2. The largest absolute Gasteiger partial charge is 0.423 e. The van der Waals surface area contributed by atoms with Crippen LogP contribution in [0.1, 0.15) is 68.4 Å². The highest BCUT2D eigenvalue weighted by molar-refractivity contribution is 5.89. The number of hydrogen-bond acceptors (Lipinski definition) is 4. The molecule has 0 aliphatic rings. The molecular formula is C26H33NO3. The smallest absolute Gasteiger partial charge is 0.338 e. The lowest BCUT2D eigenvalue weighted by molar-refractivity contribution is -0.130. The topological polar surface area (TPSA) is 46.6 Å². The molecule has 0 fully saturated rings. The number of rotatable bonds is 10. The Balaban J connectivity index is 2.50. The van der Waals surface area contributed by atoms with Gasteiger partial charge in [-0.3, -0.25) is 9.69 Å². The average Bonchev–Trinajstić information content (AvgIpc) is 2.71. The van der Waals surface area contributed by atoms with E-state index in [4.69, 9.17) is 4.74 Å². The maximum absolute atomic E-state index is 12.2.